The zero-order valence-electron chi connectivity index (χ0n) is 25.7. The number of likely N-dealkylation sites (tertiary alicyclic amines) is 1. The van der Waals surface area contributed by atoms with Gasteiger partial charge in [-0.1, -0.05) is 77.9 Å². The van der Waals surface area contributed by atoms with Crippen molar-refractivity contribution in [3.8, 4) is 22.4 Å². The van der Waals surface area contributed by atoms with Gasteiger partial charge >= 0.3 is 6.18 Å². The topological polar surface area (TPSA) is 33.2 Å². The Labute approximate surface area is 256 Å². The number of hydrogen-bond donors (Lipinski definition) is 0. The van der Waals surface area contributed by atoms with Gasteiger partial charge in [-0.3, -0.25) is 4.79 Å². The van der Waals surface area contributed by atoms with Crippen molar-refractivity contribution in [2.45, 2.75) is 77.3 Å². The number of amides is 1. The lowest BCUT2D eigenvalue weighted by atomic mass is 9.79. The minimum atomic E-state index is -4.40. The van der Waals surface area contributed by atoms with Crippen LogP contribution in [0, 0.1) is 0 Å². The van der Waals surface area contributed by atoms with Gasteiger partial charge in [-0.2, -0.15) is 13.2 Å². The van der Waals surface area contributed by atoms with Crippen molar-refractivity contribution in [2.75, 3.05) is 13.1 Å². The van der Waals surface area contributed by atoms with Gasteiger partial charge in [0.2, 0.25) is 0 Å². The summed E-state index contributed by atoms with van der Waals surface area (Å²) in [6.45, 7) is 14.6. The van der Waals surface area contributed by atoms with Crippen LogP contribution >= 0.6 is 11.3 Å². The monoisotopic (exact) mass is 604 g/mol. The van der Waals surface area contributed by atoms with Gasteiger partial charge in [0.1, 0.15) is 0 Å². The van der Waals surface area contributed by atoms with Gasteiger partial charge in [0, 0.05) is 35.5 Å². The van der Waals surface area contributed by atoms with E-state index in [4.69, 9.17) is 4.98 Å². The summed E-state index contributed by atoms with van der Waals surface area (Å²) >= 11 is 1.69. The van der Waals surface area contributed by atoms with Crippen LogP contribution < -0.4 is 0 Å². The van der Waals surface area contributed by atoms with Crippen LogP contribution in [0.1, 0.15) is 92.4 Å². The highest BCUT2D eigenvalue weighted by Gasteiger charge is 2.31. The van der Waals surface area contributed by atoms with E-state index in [-0.39, 0.29) is 22.7 Å². The molecule has 0 saturated carbocycles. The van der Waals surface area contributed by atoms with E-state index < -0.39 is 11.7 Å². The molecule has 0 aliphatic carbocycles. The molecule has 0 radical (unpaired) electrons. The molecule has 1 aromatic heterocycles. The number of thiazole rings is 1. The fourth-order valence-electron chi connectivity index (χ4n) is 5.51. The number of carbonyl (C=O) groups excluding carboxylic acids is 1. The van der Waals surface area contributed by atoms with Crippen LogP contribution in [0.4, 0.5) is 13.2 Å². The number of hydrogen-bond acceptors (Lipinski definition) is 3. The number of halogens is 3. The van der Waals surface area contributed by atoms with Crippen molar-refractivity contribution >= 4 is 17.2 Å². The third-order valence-corrected chi connectivity index (χ3v) is 9.30. The van der Waals surface area contributed by atoms with Crippen molar-refractivity contribution in [3.63, 3.8) is 0 Å². The standard InChI is InChI=1S/C36H39F3N2OS/c1-34(2,3)27-19-25(20-28(21-27)35(4,5)6)31-22-43-32(40-31)24-15-17-41(18-16-24)33(42)30-10-8-7-9-29(30)23-11-13-26(14-12-23)36(37,38)39/h7-14,19-22,24H,15-18H2,1-6H3. The second-order valence-corrected chi connectivity index (χ2v) is 14.4. The molecule has 1 fully saturated rings. The molecular formula is C36H39F3N2OS. The number of benzene rings is 3. The minimum absolute atomic E-state index is 0.0271. The maximum atomic E-state index is 13.6. The van der Waals surface area contributed by atoms with Crippen LogP contribution in [0.25, 0.3) is 22.4 Å². The van der Waals surface area contributed by atoms with E-state index in [0.29, 0.717) is 29.8 Å². The Balaban J connectivity index is 1.31. The molecule has 1 saturated heterocycles. The van der Waals surface area contributed by atoms with Gasteiger partial charge in [-0.15, -0.1) is 11.3 Å². The SMILES string of the molecule is CC(C)(C)c1cc(-c2csc(C3CCN(C(=O)c4ccccc4-c4ccc(C(F)(F)F)cc4)CC3)n2)cc(C(C)(C)C)c1. The van der Waals surface area contributed by atoms with Gasteiger partial charge in [-0.25, -0.2) is 4.98 Å². The fourth-order valence-corrected chi connectivity index (χ4v) is 6.51. The highest BCUT2D eigenvalue weighted by molar-refractivity contribution is 7.10. The molecule has 0 unspecified atom stereocenters. The molecule has 3 aromatic carbocycles. The summed E-state index contributed by atoms with van der Waals surface area (Å²) in [5, 5.41) is 3.26. The first kappa shape index (κ1) is 31.0. The Hall–Kier alpha value is -3.45. The van der Waals surface area contributed by atoms with Crippen molar-refractivity contribution in [1.82, 2.24) is 9.88 Å². The van der Waals surface area contributed by atoms with E-state index >= 15 is 0 Å². The van der Waals surface area contributed by atoms with Crippen LogP contribution in [0.15, 0.2) is 72.1 Å². The molecule has 1 amide bonds. The van der Waals surface area contributed by atoms with Crippen LogP contribution in [0.2, 0.25) is 0 Å². The quantitative estimate of drug-likeness (QED) is 0.232. The normalized spacial score (nSPS) is 15.1. The number of aromatic nitrogens is 1. The number of rotatable bonds is 4. The molecule has 2 heterocycles. The predicted octanol–water partition coefficient (Wildman–Crippen LogP) is 10.1. The first-order chi connectivity index (χ1) is 20.1. The zero-order chi connectivity index (χ0) is 31.2. The van der Waals surface area contributed by atoms with Gasteiger partial charge in [0.05, 0.1) is 16.3 Å². The molecule has 0 spiro atoms. The number of nitrogens with zero attached hydrogens (tertiary/aromatic N) is 2. The second kappa shape index (κ2) is 11.6. The van der Waals surface area contributed by atoms with Crippen LogP contribution in [0.5, 0.6) is 0 Å². The Bertz CT molecular complexity index is 1570. The zero-order valence-corrected chi connectivity index (χ0v) is 26.5. The summed E-state index contributed by atoms with van der Waals surface area (Å²) in [5.74, 6) is 0.184. The van der Waals surface area contributed by atoms with Crippen molar-refractivity contribution in [2.24, 2.45) is 0 Å². The molecule has 1 aliphatic heterocycles. The van der Waals surface area contributed by atoms with Gasteiger partial charge in [0.15, 0.2) is 0 Å². The Kier molecular flexibility index (Phi) is 8.34. The van der Waals surface area contributed by atoms with E-state index in [1.54, 1.807) is 35.6 Å². The third-order valence-electron chi connectivity index (χ3n) is 8.29. The molecular weight excluding hydrogens is 565 g/mol. The van der Waals surface area contributed by atoms with E-state index in [1.807, 2.05) is 4.90 Å². The number of piperidine rings is 1. The highest BCUT2D eigenvalue weighted by atomic mass is 32.1. The molecule has 7 heteroatoms. The second-order valence-electron chi connectivity index (χ2n) is 13.6. The molecule has 5 rings (SSSR count). The molecule has 3 nitrogen and oxygen atoms in total. The summed E-state index contributed by atoms with van der Waals surface area (Å²) in [6, 6.07) is 19.0. The minimum Gasteiger partial charge on any atom is -0.339 e. The van der Waals surface area contributed by atoms with E-state index in [2.05, 4.69) is 65.1 Å². The summed E-state index contributed by atoms with van der Waals surface area (Å²) in [4.78, 5) is 20.6. The van der Waals surface area contributed by atoms with E-state index in [0.717, 1.165) is 41.2 Å². The molecule has 226 valence electrons. The highest BCUT2D eigenvalue weighted by Crippen LogP contribution is 2.38. The van der Waals surface area contributed by atoms with Crippen LogP contribution in [-0.4, -0.2) is 28.9 Å². The Morgan fingerprint density at radius 2 is 1.37 bits per heavy atom. The number of alkyl halides is 3. The Morgan fingerprint density at radius 1 is 0.791 bits per heavy atom. The van der Waals surface area contributed by atoms with Crippen LogP contribution in [-0.2, 0) is 17.0 Å². The van der Waals surface area contributed by atoms with E-state index in [9.17, 15) is 18.0 Å². The summed E-state index contributed by atoms with van der Waals surface area (Å²) in [5.41, 5.74) is 5.83. The predicted molar refractivity (Wildman–Crippen MR) is 170 cm³/mol. The average molecular weight is 605 g/mol. The number of carbonyl (C=O) groups is 1. The summed E-state index contributed by atoms with van der Waals surface area (Å²) in [7, 11) is 0. The van der Waals surface area contributed by atoms with Crippen molar-refractivity contribution in [3.05, 3.63) is 99.4 Å². The van der Waals surface area contributed by atoms with E-state index in [1.165, 1.54) is 23.3 Å². The molecule has 0 atom stereocenters. The summed E-state index contributed by atoms with van der Waals surface area (Å²) in [6.07, 6.45) is -2.77. The molecule has 4 aromatic rings. The fraction of sp³-hybridized carbons (Fsp3) is 0.389. The Morgan fingerprint density at radius 3 is 1.93 bits per heavy atom. The van der Waals surface area contributed by atoms with Crippen LogP contribution in [0.3, 0.4) is 0 Å². The van der Waals surface area contributed by atoms with Gasteiger partial charge < -0.3 is 4.90 Å². The lowest BCUT2D eigenvalue weighted by molar-refractivity contribution is -0.137. The lowest BCUT2D eigenvalue weighted by Crippen LogP contribution is -2.38. The molecule has 43 heavy (non-hydrogen) atoms. The average Bonchev–Trinajstić information content (AvgIpc) is 3.46. The van der Waals surface area contributed by atoms with Gasteiger partial charge in [-0.05, 0) is 76.3 Å². The first-order valence-corrected chi connectivity index (χ1v) is 15.7. The molecule has 0 bridgehead atoms. The maximum absolute atomic E-state index is 13.6. The van der Waals surface area contributed by atoms with Crippen molar-refractivity contribution in [1.29, 1.82) is 0 Å². The lowest BCUT2D eigenvalue weighted by Gasteiger charge is -2.31. The smallest absolute Gasteiger partial charge is 0.339 e. The summed E-state index contributed by atoms with van der Waals surface area (Å²) < 4.78 is 39.2. The maximum Gasteiger partial charge on any atom is 0.416 e. The molecule has 0 N–H and O–H groups in total. The molecule has 1 aliphatic rings. The van der Waals surface area contributed by atoms with Crippen molar-refractivity contribution < 1.29 is 18.0 Å². The largest absolute Gasteiger partial charge is 0.416 e. The first-order valence-electron chi connectivity index (χ1n) is 14.8. The third kappa shape index (κ3) is 6.87. The van der Waals surface area contributed by atoms with Gasteiger partial charge in [0.25, 0.3) is 5.91 Å².